The largest absolute Gasteiger partial charge is 0.451 e. The molecule has 2 aromatic rings. The van der Waals surface area contributed by atoms with Crippen molar-refractivity contribution in [1.82, 2.24) is 10.2 Å². The number of hydrogen-bond donors (Lipinski definition) is 1. The highest BCUT2D eigenvalue weighted by molar-refractivity contribution is 7.91. The van der Waals surface area contributed by atoms with Crippen LogP contribution in [0.1, 0.15) is 39.6 Å². The molecule has 2 aliphatic rings. The van der Waals surface area contributed by atoms with E-state index < -0.39 is 51.7 Å². The van der Waals surface area contributed by atoms with Gasteiger partial charge in [0.1, 0.15) is 6.04 Å². The molecule has 0 spiro atoms. The maximum absolute atomic E-state index is 13.2. The van der Waals surface area contributed by atoms with Gasteiger partial charge < -0.3 is 10.1 Å². The van der Waals surface area contributed by atoms with E-state index in [4.69, 9.17) is 4.74 Å². The summed E-state index contributed by atoms with van der Waals surface area (Å²) in [5.41, 5.74) is 1.10. The number of nitrogens with zero attached hydrogens (tertiary/aromatic N) is 1. The molecule has 0 bridgehead atoms. The van der Waals surface area contributed by atoms with Crippen LogP contribution in [0.2, 0.25) is 0 Å². The first-order valence-electron chi connectivity index (χ1n) is 10.9. The fourth-order valence-electron chi connectivity index (χ4n) is 4.14. The lowest BCUT2D eigenvalue weighted by Crippen LogP contribution is -2.49. The summed E-state index contributed by atoms with van der Waals surface area (Å²) in [5, 5.41) is 2.59. The Morgan fingerprint density at radius 2 is 1.62 bits per heavy atom. The van der Waals surface area contributed by atoms with Gasteiger partial charge >= 0.3 is 5.97 Å². The van der Waals surface area contributed by atoms with Crippen LogP contribution in [0.25, 0.3) is 0 Å². The van der Waals surface area contributed by atoms with E-state index in [1.54, 1.807) is 42.5 Å². The molecular weight excluding hydrogens is 460 g/mol. The number of rotatable bonds is 7. The van der Waals surface area contributed by atoms with Gasteiger partial charge in [0.15, 0.2) is 15.9 Å². The number of ether oxygens (including phenoxy) is 1. The zero-order valence-corrected chi connectivity index (χ0v) is 19.3. The van der Waals surface area contributed by atoms with Crippen LogP contribution in [0, 0.1) is 0 Å². The van der Waals surface area contributed by atoms with Crippen LogP contribution in [0.5, 0.6) is 0 Å². The minimum atomic E-state index is -3.19. The number of hydrogen-bond acceptors (Lipinski definition) is 7. The van der Waals surface area contributed by atoms with Gasteiger partial charge in [-0.25, -0.2) is 13.2 Å². The molecule has 2 heterocycles. The van der Waals surface area contributed by atoms with Gasteiger partial charge in [-0.1, -0.05) is 42.5 Å². The van der Waals surface area contributed by atoms with Crippen molar-refractivity contribution in [2.24, 2.45) is 0 Å². The molecule has 0 saturated carbocycles. The predicted molar refractivity (Wildman–Crippen MR) is 122 cm³/mol. The van der Waals surface area contributed by atoms with Crippen LogP contribution < -0.4 is 5.32 Å². The SMILES string of the molecule is C[C@H](OC(=O)[C@H](Cc1ccccc1)N1C(=O)c2ccccc2C1=O)C(=O)N[C@H]1CCS(=O)(=O)C1. The summed E-state index contributed by atoms with van der Waals surface area (Å²) in [6, 6.07) is 13.3. The fraction of sp³-hybridized carbons (Fsp3) is 0.333. The van der Waals surface area contributed by atoms with E-state index >= 15 is 0 Å². The Morgan fingerprint density at radius 1 is 1.03 bits per heavy atom. The van der Waals surface area contributed by atoms with Crippen LogP contribution in [0.3, 0.4) is 0 Å². The zero-order chi connectivity index (χ0) is 24.5. The second kappa shape index (κ2) is 9.38. The number of amides is 3. The van der Waals surface area contributed by atoms with Crippen LogP contribution in [0.15, 0.2) is 54.6 Å². The molecule has 0 radical (unpaired) electrons. The Bertz CT molecular complexity index is 1210. The minimum Gasteiger partial charge on any atom is -0.451 e. The second-order valence-electron chi connectivity index (χ2n) is 8.42. The Kier molecular flexibility index (Phi) is 6.52. The smallest absolute Gasteiger partial charge is 0.330 e. The van der Waals surface area contributed by atoms with Gasteiger partial charge in [0.05, 0.1) is 22.6 Å². The fourth-order valence-corrected chi connectivity index (χ4v) is 5.82. The molecular formula is C24H24N2O7S. The molecule has 1 fully saturated rings. The first kappa shape index (κ1) is 23.6. The Hall–Kier alpha value is -3.53. The highest BCUT2D eigenvalue weighted by Crippen LogP contribution is 2.26. The van der Waals surface area contributed by atoms with Gasteiger partial charge in [0, 0.05) is 12.5 Å². The van der Waals surface area contributed by atoms with E-state index in [0.29, 0.717) is 12.0 Å². The molecule has 2 aliphatic heterocycles. The van der Waals surface area contributed by atoms with E-state index in [-0.39, 0.29) is 29.1 Å². The Balaban J connectivity index is 1.52. The first-order chi connectivity index (χ1) is 16.2. The second-order valence-corrected chi connectivity index (χ2v) is 10.6. The average molecular weight is 485 g/mol. The molecule has 0 unspecified atom stereocenters. The quantitative estimate of drug-likeness (QED) is 0.461. The van der Waals surface area contributed by atoms with E-state index in [1.807, 2.05) is 0 Å². The van der Waals surface area contributed by atoms with E-state index in [0.717, 1.165) is 4.90 Å². The number of carbonyl (C=O) groups is 4. The van der Waals surface area contributed by atoms with Crippen molar-refractivity contribution < 1.29 is 32.3 Å². The van der Waals surface area contributed by atoms with Crippen LogP contribution in [-0.4, -0.2) is 66.7 Å². The summed E-state index contributed by atoms with van der Waals surface area (Å²) in [4.78, 5) is 52.6. The lowest BCUT2D eigenvalue weighted by molar-refractivity contribution is -0.158. The number of benzene rings is 2. The number of fused-ring (bicyclic) bond motifs is 1. The van der Waals surface area contributed by atoms with E-state index in [9.17, 15) is 27.6 Å². The van der Waals surface area contributed by atoms with Crippen LogP contribution in [-0.2, 0) is 30.6 Å². The maximum Gasteiger partial charge on any atom is 0.330 e. The van der Waals surface area contributed by atoms with Crippen molar-refractivity contribution in [3.05, 3.63) is 71.3 Å². The topological polar surface area (TPSA) is 127 Å². The molecule has 0 aromatic heterocycles. The van der Waals surface area contributed by atoms with Gasteiger partial charge in [-0.15, -0.1) is 0 Å². The summed E-state index contributed by atoms with van der Waals surface area (Å²) in [6.45, 7) is 1.36. The molecule has 1 N–H and O–H groups in total. The zero-order valence-electron chi connectivity index (χ0n) is 18.5. The third-order valence-corrected chi connectivity index (χ3v) is 7.69. The predicted octanol–water partition coefficient (Wildman–Crippen LogP) is 1.13. The molecule has 10 heteroatoms. The molecule has 34 heavy (non-hydrogen) atoms. The summed E-state index contributed by atoms with van der Waals surface area (Å²) in [5.74, 6) is -2.93. The van der Waals surface area contributed by atoms with Gasteiger partial charge in [-0.3, -0.25) is 19.3 Å². The van der Waals surface area contributed by atoms with Gasteiger partial charge in [0.25, 0.3) is 17.7 Å². The van der Waals surface area contributed by atoms with Crippen molar-refractivity contribution >= 4 is 33.5 Å². The average Bonchev–Trinajstić information content (AvgIpc) is 3.28. The van der Waals surface area contributed by atoms with Crippen molar-refractivity contribution in [3.63, 3.8) is 0 Å². The standard InChI is InChI=1S/C24H24N2O7S/c1-15(21(27)25-17-11-12-34(31,32)14-17)33-24(30)20(13-16-7-3-2-4-8-16)26-22(28)18-9-5-6-10-19(18)23(26)29/h2-10,15,17,20H,11-14H2,1H3,(H,25,27)/t15-,17-,20-/m0/s1. The number of sulfone groups is 1. The van der Waals surface area contributed by atoms with Gasteiger partial charge in [-0.2, -0.15) is 0 Å². The van der Waals surface area contributed by atoms with Crippen LogP contribution >= 0.6 is 0 Å². The normalized spacial score (nSPS) is 20.5. The number of esters is 1. The van der Waals surface area contributed by atoms with Crippen molar-refractivity contribution in [2.75, 3.05) is 11.5 Å². The van der Waals surface area contributed by atoms with Crippen LogP contribution in [0.4, 0.5) is 0 Å². The molecule has 0 aliphatic carbocycles. The number of carbonyl (C=O) groups excluding carboxylic acids is 4. The third-order valence-electron chi connectivity index (χ3n) is 5.92. The lowest BCUT2D eigenvalue weighted by Gasteiger charge is -2.26. The summed E-state index contributed by atoms with van der Waals surface area (Å²) < 4.78 is 28.6. The van der Waals surface area contributed by atoms with Gasteiger partial charge in [-0.05, 0) is 31.0 Å². The molecule has 2 aromatic carbocycles. The van der Waals surface area contributed by atoms with Gasteiger partial charge in [0.2, 0.25) is 0 Å². The molecule has 1 saturated heterocycles. The Morgan fingerprint density at radius 3 is 2.18 bits per heavy atom. The van der Waals surface area contributed by atoms with Crippen molar-refractivity contribution in [2.45, 2.75) is 38.0 Å². The lowest BCUT2D eigenvalue weighted by atomic mass is 10.0. The summed E-state index contributed by atoms with van der Waals surface area (Å²) in [7, 11) is -3.19. The first-order valence-corrected chi connectivity index (χ1v) is 12.7. The molecule has 4 rings (SSSR count). The summed E-state index contributed by atoms with van der Waals surface area (Å²) >= 11 is 0. The monoisotopic (exact) mass is 484 g/mol. The van der Waals surface area contributed by atoms with E-state index in [1.165, 1.54) is 19.1 Å². The highest BCUT2D eigenvalue weighted by atomic mass is 32.2. The Labute approximate surface area is 197 Å². The summed E-state index contributed by atoms with van der Waals surface area (Å²) in [6.07, 6.45) is -0.940. The molecule has 3 amide bonds. The van der Waals surface area contributed by atoms with Crippen molar-refractivity contribution in [3.8, 4) is 0 Å². The van der Waals surface area contributed by atoms with E-state index in [2.05, 4.69) is 5.32 Å². The van der Waals surface area contributed by atoms with Crippen molar-refractivity contribution in [1.29, 1.82) is 0 Å². The molecule has 178 valence electrons. The number of nitrogens with one attached hydrogen (secondary N) is 1. The molecule has 3 atom stereocenters. The maximum atomic E-state index is 13.2. The third kappa shape index (κ3) is 4.86. The highest BCUT2D eigenvalue weighted by Gasteiger charge is 2.44. The minimum absolute atomic E-state index is 0.00892. The molecule has 9 nitrogen and oxygen atoms in total. The number of imide groups is 1.